The third kappa shape index (κ3) is 5.06. The summed E-state index contributed by atoms with van der Waals surface area (Å²) in [6.07, 6.45) is 3.18. The van der Waals surface area contributed by atoms with E-state index in [0.29, 0.717) is 24.5 Å². The van der Waals surface area contributed by atoms with Gasteiger partial charge in [-0.3, -0.25) is 4.79 Å². The van der Waals surface area contributed by atoms with Gasteiger partial charge < -0.3 is 19.2 Å². The molecule has 1 amide bonds. The van der Waals surface area contributed by atoms with Crippen LogP contribution in [0.2, 0.25) is 0 Å². The van der Waals surface area contributed by atoms with E-state index in [-0.39, 0.29) is 5.69 Å². The van der Waals surface area contributed by atoms with Gasteiger partial charge in [0.05, 0.1) is 25.2 Å². The summed E-state index contributed by atoms with van der Waals surface area (Å²) in [5.41, 5.74) is 5.08. The van der Waals surface area contributed by atoms with Crippen LogP contribution >= 0.6 is 0 Å². The fraction of sp³-hybridized carbons (Fsp3) is 0.207. The van der Waals surface area contributed by atoms with Crippen LogP contribution in [-0.2, 0) is 4.79 Å². The molecule has 0 spiro atoms. The van der Waals surface area contributed by atoms with E-state index in [2.05, 4.69) is 5.32 Å². The number of ether oxygens (including phenoxy) is 2. The Labute approximate surface area is 204 Å². The summed E-state index contributed by atoms with van der Waals surface area (Å²) < 4.78 is 31.4. The van der Waals surface area contributed by atoms with Crippen molar-refractivity contribution in [2.24, 2.45) is 0 Å². The third-order valence-corrected chi connectivity index (χ3v) is 5.71. The molecule has 0 atom stereocenters. The number of aryl methyl sites for hydroxylation is 1. The number of anilines is 1. The van der Waals surface area contributed by atoms with Gasteiger partial charge in [-0.2, -0.15) is 0 Å². The van der Waals surface area contributed by atoms with Gasteiger partial charge >= 0.3 is 0 Å². The lowest BCUT2D eigenvalue weighted by Crippen LogP contribution is -2.10. The van der Waals surface area contributed by atoms with Crippen molar-refractivity contribution in [2.45, 2.75) is 27.7 Å². The first kappa shape index (κ1) is 24.1. The number of benzene rings is 3. The van der Waals surface area contributed by atoms with Crippen LogP contribution in [0.1, 0.15) is 31.9 Å². The van der Waals surface area contributed by atoms with Crippen LogP contribution in [0.15, 0.2) is 71.4 Å². The largest absolute Gasteiger partial charge is 0.494 e. The highest BCUT2D eigenvalue weighted by Gasteiger charge is 2.19. The van der Waals surface area contributed by atoms with Crippen LogP contribution in [0.5, 0.6) is 11.5 Å². The van der Waals surface area contributed by atoms with Crippen molar-refractivity contribution in [3.8, 4) is 22.6 Å². The molecule has 0 saturated heterocycles. The van der Waals surface area contributed by atoms with E-state index in [1.165, 1.54) is 18.2 Å². The molecule has 0 bridgehead atoms. The van der Waals surface area contributed by atoms with Crippen LogP contribution in [0.3, 0.4) is 0 Å². The number of furan rings is 1. The van der Waals surface area contributed by atoms with Gasteiger partial charge in [0.25, 0.3) is 0 Å². The minimum Gasteiger partial charge on any atom is -0.494 e. The van der Waals surface area contributed by atoms with E-state index in [1.54, 1.807) is 18.4 Å². The Bertz CT molecular complexity index is 1390. The number of para-hydroxylation sites is 1. The van der Waals surface area contributed by atoms with Crippen molar-refractivity contribution in [2.75, 3.05) is 18.5 Å². The van der Waals surface area contributed by atoms with Crippen LogP contribution < -0.4 is 14.8 Å². The molecule has 0 saturated carbocycles. The standard InChI is InChI=1S/C29H28FNO4/c1-5-33-21-13-11-20(12-14-21)24-17-35-29-19(4)28(34-6-2)22(16-23(24)29)18(3)15-27(32)31-26-10-8-7-9-25(26)30/h7-17H,5-6H2,1-4H3,(H,31,32)/b18-15+. The Morgan fingerprint density at radius 2 is 1.77 bits per heavy atom. The van der Waals surface area contributed by atoms with Crippen molar-refractivity contribution in [3.63, 3.8) is 0 Å². The predicted octanol–water partition coefficient (Wildman–Crippen LogP) is 7.39. The highest BCUT2D eigenvalue weighted by Crippen LogP contribution is 2.41. The van der Waals surface area contributed by atoms with Gasteiger partial charge in [-0.1, -0.05) is 24.3 Å². The topological polar surface area (TPSA) is 60.7 Å². The number of amides is 1. The average molecular weight is 474 g/mol. The van der Waals surface area contributed by atoms with E-state index in [4.69, 9.17) is 13.9 Å². The van der Waals surface area contributed by atoms with Gasteiger partial charge in [-0.05, 0) is 69.2 Å². The molecule has 1 aromatic heterocycles. The minimum atomic E-state index is -0.488. The summed E-state index contributed by atoms with van der Waals surface area (Å²) in [4.78, 5) is 12.7. The third-order valence-electron chi connectivity index (χ3n) is 5.71. The second kappa shape index (κ2) is 10.5. The fourth-order valence-corrected chi connectivity index (χ4v) is 4.07. The molecule has 35 heavy (non-hydrogen) atoms. The van der Waals surface area contributed by atoms with Crippen molar-refractivity contribution in [3.05, 3.63) is 83.9 Å². The number of nitrogens with one attached hydrogen (secondary N) is 1. The van der Waals surface area contributed by atoms with Gasteiger partial charge in [0.15, 0.2) is 0 Å². The second-order valence-electron chi connectivity index (χ2n) is 8.09. The lowest BCUT2D eigenvalue weighted by Gasteiger charge is -2.15. The SMILES string of the molecule is CCOc1ccc(-c2coc3c(C)c(OCC)c(/C(C)=C/C(=O)Nc4ccccc4F)cc23)cc1. The zero-order chi connectivity index (χ0) is 24.9. The molecular weight excluding hydrogens is 445 g/mol. The molecule has 4 rings (SSSR count). The first-order valence-electron chi connectivity index (χ1n) is 11.6. The van der Waals surface area contributed by atoms with E-state index < -0.39 is 11.7 Å². The molecule has 6 heteroatoms. The van der Waals surface area contributed by atoms with E-state index in [0.717, 1.165) is 39.0 Å². The maximum Gasteiger partial charge on any atom is 0.248 e. The molecule has 0 aliphatic carbocycles. The summed E-state index contributed by atoms with van der Waals surface area (Å²) in [6, 6.07) is 15.9. The zero-order valence-electron chi connectivity index (χ0n) is 20.3. The number of allylic oxidation sites excluding steroid dienone is 1. The molecule has 0 unspecified atom stereocenters. The number of halogens is 1. The highest BCUT2D eigenvalue weighted by molar-refractivity contribution is 6.06. The number of hydrogen-bond donors (Lipinski definition) is 1. The second-order valence-corrected chi connectivity index (χ2v) is 8.09. The summed E-state index contributed by atoms with van der Waals surface area (Å²) in [6.45, 7) is 8.69. The molecular formula is C29H28FNO4. The van der Waals surface area contributed by atoms with E-state index in [1.807, 2.05) is 58.0 Å². The molecule has 0 aliphatic heterocycles. The van der Waals surface area contributed by atoms with Crippen LogP contribution in [0, 0.1) is 12.7 Å². The van der Waals surface area contributed by atoms with Gasteiger partial charge in [0.1, 0.15) is 22.9 Å². The quantitative estimate of drug-likeness (QED) is 0.271. The average Bonchev–Trinajstić information content (AvgIpc) is 3.27. The predicted molar refractivity (Wildman–Crippen MR) is 137 cm³/mol. The number of carbonyl (C=O) groups is 1. The maximum absolute atomic E-state index is 14.0. The van der Waals surface area contributed by atoms with Crippen LogP contribution in [0.25, 0.3) is 27.7 Å². The van der Waals surface area contributed by atoms with Crippen molar-refractivity contribution < 1.29 is 23.1 Å². The monoisotopic (exact) mass is 473 g/mol. The Morgan fingerprint density at radius 1 is 1.06 bits per heavy atom. The first-order chi connectivity index (χ1) is 16.9. The molecule has 3 aromatic carbocycles. The number of hydrogen-bond acceptors (Lipinski definition) is 4. The van der Waals surface area contributed by atoms with Gasteiger partial charge in [-0.25, -0.2) is 4.39 Å². The summed E-state index contributed by atoms with van der Waals surface area (Å²) in [5, 5.41) is 3.51. The number of rotatable bonds is 8. The fourth-order valence-electron chi connectivity index (χ4n) is 4.07. The normalized spacial score (nSPS) is 11.5. The minimum absolute atomic E-state index is 0.130. The molecule has 5 nitrogen and oxygen atoms in total. The summed E-state index contributed by atoms with van der Waals surface area (Å²) >= 11 is 0. The molecule has 4 aromatic rings. The maximum atomic E-state index is 14.0. The van der Waals surface area contributed by atoms with Crippen molar-refractivity contribution >= 4 is 28.1 Å². The zero-order valence-corrected chi connectivity index (χ0v) is 20.3. The highest BCUT2D eigenvalue weighted by atomic mass is 19.1. The van der Waals surface area contributed by atoms with E-state index in [9.17, 15) is 9.18 Å². The number of fused-ring (bicyclic) bond motifs is 1. The summed E-state index contributed by atoms with van der Waals surface area (Å²) in [5.74, 6) is 0.545. The molecule has 1 N–H and O–H groups in total. The van der Waals surface area contributed by atoms with E-state index >= 15 is 0 Å². The van der Waals surface area contributed by atoms with Crippen LogP contribution in [-0.4, -0.2) is 19.1 Å². The summed E-state index contributed by atoms with van der Waals surface area (Å²) in [7, 11) is 0. The molecule has 0 fully saturated rings. The van der Waals surface area contributed by atoms with Gasteiger partial charge in [0, 0.05) is 28.2 Å². The molecule has 0 aliphatic rings. The Kier molecular flexibility index (Phi) is 7.20. The lowest BCUT2D eigenvalue weighted by atomic mass is 9.96. The smallest absolute Gasteiger partial charge is 0.248 e. The molecule has 1 heterocycles. The first-order valence-corrected chi connectivity index (χ1v) is 11.6. The van der Waals surface area contributed by atoms with Gasteiger partial charge in [-0.15, -0.1) is 0 Å². The lowest BCUT2D eigenvalue weighted by molar-refractivity contribution is -0.111. The molecule has 0 radical (unpaired) electrons. The Balaban J connectivity index is 1.76. The van der Waals surface area contributed by atoms with Crippen LogP contribution in [0.4, 0.5) is 10.1 Å². The van der Waals surface area contributed by atoms with Crippen molar-refractivity contribution in [1.82, 2.24) is 0 Å². The van der Waals surface area contributed by atoms with Gasteiger partial charge in [0.2, 0.25) is 5.91 Å². The molecule has 180 valence electrons. The Hall–Kier alpha value is -4.06. The Morgan fingerprint density at radius 3 is 2.46 bits per heavy atom. The van der Waals surface area contributed by atoms with Crippen molar-refractivity contribution in [1.29, 1.82) is 0 Å². The number of carbonyl (C=O) groups excluding carboxylic acids is 1.